The standard InChI is InChI=1S/C9H6ClNO3S/c1-14-8(12)5-2-4(10)3-6-7(5)11-9(13)15-6/h2-3H,1H3,(H,11,13). The molecule has 4 nitrogen and oxygen atoms in total. The Morgan fingerprint density at radius 2 is 2.27 bits per heavy atom. The molecule has 1 aromatic carbocycles. The van der Waals surface area contributed by atoms with Gasteiger partial charge in [-0.05, 0) is 12.1 Å². The number of ether oxygens (including phenoxy) is 1. The number of aromatic nitrogens is 1. The average molecular weight is 244 g/mol. The summed E-state index contributed by atoms with van der Waals surface area (Å²) < 4.78 is 5.24. The summed E-state index contributed by atoms with van der Waals surface area (Å²) in [5.41, 5.74) is 0.750. The highest BCUT2D eigenvalue weighted by atomic mass is 35.5. The lowest BCUT2D eigenvalue weighted by molar-refractivity contribution is 0.0603. The lowest BCUT2D eigenvalue weighted by atomic mass is 10.2. The van der Waals surface area contributed by atoms with Gasteiger partial charge in [-0.3, -0.25) is 4.79 Å². The van der Waals surface area contributed by atoms with Crippen LogP contribution in [-0.4, -0.2) is 18.1 Å². The maximum absolute atomic E-state index is 11.4. The minimum absolute atomic E-state index is 0.225. The zero-order chi connectivity index (χ0) is 11.0. The third kappa shape index (κ3) is 1.75. The lowest BCUT2D eigenvalue weighted by Crippen LogP contribution is -2.03. The molecule has 6 heteroatoms. The molecule has 2 rings (SSSR count). The van der Waals surface area contributed by atoms with Gasteiger partial charge in [-0.1, -0.05) is 22.9 Å². The molecular formula is C9H6ClNO3S. The van der Waals surface area contributed by atoms with E-state index < -0.39 is 5.97 Å². The molecule has 0 bridgehead atoms. The molecule has 0 atom stereocenters. The second-order valence-electron chi connectivity index (χ2n) is 2.83. The first-order valence-corrected chi connectivity index (χ1v) is 5.22. The summed E-state index contributed by atoms with van der Waals surface area (Å²) in [5, 5.41) is 0.401. The van der Waals surface area contributed by atoms with Gasteiger partial charge in [-0.25, -0.2) is 4.79 Å². The number of aromatic amines is 1. The van der Waals surface area contributed by atoms with E-state index in [4.69, 9.17) is 11.6 Å². The molecule has 0 radical (unpaired) electrons. The summed E-state index contributed by atoms with van der Waals surface area (Å²) in [7, 11) is 1.28. The minimum Gasteiger partial charge on any atom is -0.465 e. The van der Waals surface area contributed by atoms with Gasteiger partial charge < -0.3 is 9.72 Å². The Balaban J connectivity index is 2.81. The van der Waals surface area contributed by atoms with E-state index in [0.29, 0.717) is 15.2 Å². The molecule has 0 aliphatic carbocycles. The number of H-pyrrole nitrogens is 1. The first-order valence-electron chi connectivity index (χ1n) is 4.02. The molecule has 0 aliphatic heterocycles. The summed E-state index contributed by atoms with van der Waals surface area (Å²) in [5.74, 6) is -0.517. The Morgan fingerprint density at radius 1 is 1.53 bits per heavy atom. The van der Waals surface area contributed by atoms with Crippen LogP contribution in [-0.2, 0) is 4.74 Å². The maximum Gasteiger partial charge on any atom is 0.340 e. The Kier molecular flexibility index (Phi) is 2.50. The number of carbonyl (C=O) groups excluding carboxylic acids is 1. The van der Waals surface area contributed by atoms with Crippen LogP contribution in [0.3, 0.4) is 0 Å². The van der Waals surface area contributed by atoms with E-state index in [1.165, 1.54) is 13.2 Å². The van der Waals surface area contributed by atoms with Crippen LogP contribution in [0, 0.1) is 0 Å². The number of hydrogen-bond acceptors (Lipinski definition) is 4. The van der Waals surface area contributed by atoms with Crippen molar-refractivity contribution >= 4 is 39.1 Å². The number of benzene rings is 1. The second kappa shape index (κ2) is 3.67. The second-order valence-corrected chi connectivity index (χ2v) is 4.28. The number of methoxy groups -OCH3 is 1. The third-order valence-electron chi connectivity index (χ3n) is 1.90. The molecule has 0 saturated carbocycles. The topological polar surface area (TPSA) is 59.2 Å². The first kappa shape index (κ1) is 10.2. The van der Waals surface area contributed by atoms with Crippen LogP contribution in [0.5, 0.6) is 0 Å². The number of carbonyl (C=O) groups is 1. The number of rotatable bonds is 1. The van der Waals surface area contributed by atoms with Crippen molar-refractivity contribution in [1.82, 2.24) is 4.98 Å². The summed E-state index contributed by atoms with van der Waals surface area (Å²) in [6.45, 7) is 0. The Labute approximate surface area is 93.4 Å². The molecule has 1 N–H and O–H groups in total. The van der Waals surface area contributed by atoms with Crippen molar-refractivity contribution in [1.29, 1.82) is 0 Å². The van der Waals surface area contributed by atoms with Crippen molar-refractivity contribution < 1.29 is 9.53 Å². The predicted octanol–water partition coefficient (Wildman–Crippen LogP) is 2.03. The van der Waals surface area contributed by atoms with Gasteiger partial charge in [-0.15, -0.1) is 0 Å². The van der Waals surface area contributed by atoms with Crippen molar-refractivity contribution in [2.45, 2.75) is 0 Å². The number of thiazole rings is 1. The van der Waals surface area contributed by atoms with Crippen LogP contribution in [0.1, 0.15) is 10.4 Å². The van der Waals surface area contributed by atoms with Gasteiger partial charge in [0.1, 0.15) is 0 Å². The van der Waals surface area contributed by atoms with Crippen LogP contribution in [0.15, 0.2) is 16.9 Å². The van der Waals surface area contributed by atoms with E-state index in [1.807, 2.05) is 0 Å². The first-order chi connectivity index (χ1) is 7.11. The lowest BCUT2D eigenvalue weighted by Gasteiger charge is -2.00. The Morgan fingerprint density at radius 3 is 2.93 bits per heavy atom. The molecular weight excluding hydrogens is 238 g/mol. The van der Waals surface area contributed by atoms with Crippen molar-refractivity contribution in [2.24, 2.45) is 0 Å². The molecule has 15 heavy (non-hydrogen) atoms. The van der Waals surface area contributed by atoms with Crippen LogP contribution in [0.25, 0.3) is 10.2 Å². The van der Waals surface area contributed by atoms with Gasteiger partial charge in [-0.2, -0.15) is 0 Å². The van der Waals surface area contributed by atoms with Gasteiger partial charge >= 0.3 is 10.8 Å². The number of esters is 1. The van der Waals surface area contributed by atoms with E-state index in [9.17, 15) is 9.59 Å². The number of hydrogen-bond donors (Lipinski definition) is 1. The number of fused-ring (bicyclic) bond motifs is 1. The van der Waals surface area contributed by atoms with Gasteiger partial charge in [0.05, 0.1) is 22.9 Å². The molecule has 0 unspecified atom stereocenters. The summed E-state index contributed by atoms with van der Waals surface area (Å²) in [6, 6.07) is 3.10. The number of halogens is 1. The fourth-order valence-corrected chi connectivity index (χ4v) is 2.37. The van der Waals surface area contributed by atoms with Gasteiger partial charge in [0.25, 0.3) is 0 Å². The summed E-state index contributed by atoms with van der Waals surface area (Å²) >= 11 is 6.82. The van der Waals surface area contributed by atoms with Crippen molar-refractivity contribution in [2.75, 3.05) is 7.11 Å². The smallest absolute Gasteiger partial charge is 0.340 e. The SMILES string of the molecule is COC(=O)c1cc(Cl)cc2sc(=O)[nH]c12. The van der Waals surface area contributed by atoms with E-state index >= 15 is 0 Å². The Hall–Kier alpha value is -1.33. The zero-order valence-electron chi connectivity index (χ0n) is 7.67. The molecule has 0 aliphatic rings. The molecule has 0 fully saturated rings. The van der Waals surface area contributed by atoms with Crippen molar-refractivity contribution in [3.63, 3.8) is 0 Å². The van der Waals surface area contributed by atoms with Crippen molar-refractivity contribution in [3.05, 3.63) is 32.4 Å². The summed E-state index contributed by atoms with van der Waals surface area (Å²) in [6.07, 6.45) is 0. The van der Waals surface area contributed by atoms with Crippen LogP contribution >= 0.6 is 22.9 Å². The average Bonchev–Trinajstić information content (AvgIpc) is 2.55. The molecule has 0 amide bonds. The largest absolute Gasteiger partial charge is 0.465 e. The van der Waals surface area contributed by atoms with Gasteiger partial charge in [0.2, 0.25) is 0 Å². The highest BCUT2D eigenvalue weighted by molar-refractivity contribution is 7.16. The monoisotopic (exact) mass is 243 g/mol. The minimum atomic E-state index is -0.517. The van der Waals surface area contributed by atoms with Gasteiger partial charge in [0.15, 0.2) is 0 Å². The predicted molar refractivity (Wildman–Crippen MR) is 58.8 cm³/mol. The van der Waals surface area contributed by atoms with Crippen LogP contribution in [0.2, 0.25) is 5.02 Å². The van der Waals surface area contributed by atoms with E-state index in [-0.39, 0.29) is 10.4 Å². The molecule has 2 aromatic rings. The zero-order valence-corrected chi connectivity index (χ0v) is 9.24. The number of nitrogens with one attached hydrogen (secondary N) is 1. The van der Waals surface area contributed by atoms with E-state index in [0.717, 1.165) is 11.3 Å². The van der Waals surface area contributed by atoms with Gasteiger partial charge in [0, 0.05) is 5.02 Å². The van der Waals surface area contributed by atoms with E-state index in [2.05, 4.69) is 9.72 Å². The normalized spacial score (nSPS) is 10.5. The highest BCUT2D eigenvalue weighted by Gasteiger charge is 2.14. The van der Waals surface area contributed by atoms with Crippen molar-refractivity contribution in [3.8, 4) is 0 Å². The molecule has 78 valence electrons. The maximum atomic E-state index is 11.4. The third-order valence-corrected chi connectivity index (χ3v) is 2.95. The fraction of sp³-hybridized carbons (Fsp3) is 0.111. The highest BCUT2D eigenvalue weighted by Crippen LogP contribution is 2.24. The quantitative estimate of drug-likeness (QED) is 0.780. The molecule has 0 spiro atoms. The van der Waals surface area contributed by atoms with E-state index in [1.54, 1.807) is 6.07 Å². The molecule has 1 aromatic heterocycles. The fourth-order valence-electron chi connectivity index (χ4n) is 1.29. The molecule has 0 saturated heterocycles. The van der Waals surface area contributed by atoms with Crippen LogP contribution in [0.4, 0.5) is 0 Å². The van der Waals surface area contributed by atoms with Crippen LogP contribution < -0.4 is 4.87 Å². The molecule has 1 heterocycles. The summed E-state index contributed by atoms with van der Waals surface area (Å²) in [4.78, 5) is 24.9. The Bertz CT molecular complexity index is 587.